The number of hydrogen-bond acceptors (Lipinski definition) is 3. The minimum absolute atomic E-state index is 0.0904. The monoisotopic (exact) mass is 178 g/mol. The van der Waals surface area contributed by atoms with Gasteiger partial charge < -0.3 is 0 Å². The second-order valence-corrected chi connectivity index (χ2v) is 3.17. The Balaban J connectivity index is 2.82. The normalized spacial score (nSPS) is 11.3. The summed E-state index contributed by atoms with van der Waals surface area (Å²) in [6.45, 7) is 3.87. The third-order valence-corrected chi connectivity index (χ3v) is 1.89. The van der Waals surface area contributed by atoms with Crippen LogP contribution < -0.4 is 5.56 Å². The van der Waals surface area contributed by atoms with Crippen LogP contribution in [-0.4, -0.2) is 19.7 Å². The zero-order chi connectivity index (χ0) is 9.42. The van der Waals surface area contributed by atoms with Crippen LogP contribution in [0.4, 0.5) is 0 Å². The molecular weight excluding hydrogens is 168 g/mol. The van der Waals surface area contributed by atoms with Crippen LogP contribution in [0.1, 0.15) is 19.9 Å². The van der Waals surface area contributed by atoms with Crippen LogP contribution in [0.25, 0.3) is 11.0 Å². The first kappa shape index (κ1) is 7.97. The topological polar surface area (TPSA) is 63.6 Å². The molecule has 0 spiro atoms. The molecular formula is C8H10N4O. The summed E-state index contributed by atoms with van der Waals surface area (Å²) < 4.78 is 1.54. The Morgan fingerprint density at radius 3 is 2.92 bits per heavy atom. The zero-order valence-corrected chi connectivity index (χ0v) is 7.48. The number of aromatic amines is 1. The maximum Gasteiger partial charge on any atom is 0.293 e. The van der Waals surface area contributed by atoms with Gasteiger partial charge in [-0.05, 0) is 13.8 Å². The summed E-state index contributed by atoms with van der Waals surface area (Å²) in [7, 11) is 0. The van der Waals surface area contributed by atoms with Gasteiger partial charge in [0.05, 0.1) is 6.20 Å². The molecule has 5 nitrogen and oxygen atoms in total. The van der Waals surface area contributed by atoms with E-state index in [0.29, 0.717) is 11.0 Å². The standard InChI is InChI=1S/C8H10N4O/c1-5(2)12-8(13)7-6(11-12)3-9-4-10-7/h3-5,11H,1-2H3. The van der Waals surface area contributed by atoms with Crippen molar-refractivity contribution in [2.75, 3.05) is 0 Å². The van der Waals surface area contributed by atoms with Gasteiger partial charge in [-0.25, -0.2) is 14.6 Å². The summed E-state index contributed by atoms with van der Waals surface area (Å²) in [6, 6.07) is 0.113. The first-order chi connectivity index (χ1) is 6.20. The maximum atomic E-state index is 11.6. The van der Waals surface area contributed by atoms with E-state index in [0.717, 1.165) is 0 Å². The van der Waals surface area contributed by atoms with E-state index in [1.807, 2.05) is 13.8 Å². The van der Waals surface area contributed by atoms with Crippen molar-refractivity contribution in [3.63, 3.8) is 0 Å². The molecule has 5 heteroatoms. The van der Waals surface area contributed by atoms with E-state index in [1.165, 1.54) is 6.33 Å². The van der Waals surface area contributed by atoms with E-state index in [4.69, 9.17) is 0 Å². The molecule has 2 heterocycles. The highest BCUT2D eigenvalue weighted by atomic mass is 16.1. The van der Waals surface area contributed by atoms with E-state index in [-0.39, 0.29) is 11.6 Å². The Morgan fingerprint density at radius 1 is 1.54 bits per heavy atom. The lowest BCUT2D eigenvalue weighted by Crippen LogP contribution is -2.18. The Labute approximate surface area is 74.4 Å². The largest absolute Gasteiger partial charge is 0.293 e. The molecule has 0 fully saturated rings. The molecule has 0 saturated carbocycles. The smallest absolute Gasteiger partial charge is 0.292 e. The van der Waals surface area contributed by atoms with Crippen molar-refractivity contribution < 1.29 is 0 Å². The van der Waals surface area contributed by atoms with Gasteiger partial charge in [0, 0.05) is 6.04 Å². The van der Waals surface area contributed by atoms with Gasteiger partial charge >= 0.3 is 0 Å². The number of aromatic nitrogens is 4. The summed E-state index contributed by atoms with van der Waals surface area (Å²) in [5.41, 5.74) is 1.04. The Hall–Kier alpha value is -1.65. The van der Waals surface area contributed by atoms with Crippen molar-refractivity contribution in [1.29, 1.82) is 0 Å². The van der Waals surface area contributed by atoms with Gasteiger partial charge in [-0.1, -0.05) is 0 Å². The molecule has 13 heavy (non-hydrogen) atoms. The molecule has 2 rings (SSSR count). The number of H-pyrrole nitrogens is 1. The van der Waals surface area contributed by atoms with Gasteiger partial charge in [-0.3, -0.25) is 9.89 Å². The highest BCUT2D eigenvalue weighted by Crippen LogP contribution is 2.04. The van der Waals surface area contributed by atoms with Gasteiger partial charge in [0.15, 0.2) is 5.52 Å². The van der Waals surface area contributed by atoms with Crippen LogP contribution >= 0.6 is 0 Å². The third-order valence-electron chi connectivity index (χ3n) is 1.89. The molecule has 0 aromatic carbocycles. The van der Waals surface area contributed by atoms with Gasteiger partial charge in [0.1, 0.15) is 11.8 Å². The zero-order valence-electron chi connectivity index (χ0n) is 7.48. The lowest BCUT2D eigenvalue weighted by Gasteiger charge is -2.02. The summed E-state index contributed by atoms with van der Waals surface area (Å²) in [6.07, 6.45) is 2.98. The van der Waals surface area contributed by atoms with Crippen molar-refractivity contribution in [2.24, 2.45) is 0 Å². The van der Waals surface area contributed by atoms with Gasteiger partial charge in [-0.2, -0.15) is 0 Å². The molecule has 0 aliphatic rings. The Bertz CT molecular complexity index is 482. The minimum Gasteiger partial charge on any atom is -0.292 e. The summed E-state index contributed by atoms with van der Waals surface area (Å²) in [5.74, 6) is 0. The predicted molar refractivity (Wildman–Crippen MR) is 48.5 cm³/mol. The fraction of sp³-hybridized carbons (Fsp3) is 0.375. The quantitative estimate of drug-likeness (QED) is 0.699. The lowest BCUT2D eigenvalue weighted by molar-refractivity contribution is 0.522. The van der Waals surface area contributed by atoms with Crippen molar-refractivity contribution in [3.8, 4) is 0 Å². The van der Waals surface area contributed by atoms with Crippen LogP contribution in [0.15, 0.2) is 17.3 Å². The van der Waals surface area contributed by atoms with Gasteiger partial charge in [0.25, 0.3) is 5.56 Å². The van der Waals surface area contributed by atoms with Crippen LogP contribution in [0, 0.1) is 0 Å². The number of fused-ring (bicyclic) bond motifs is 1. The second kappa shape index (κ2) is 2.69. The Morgan fingerprint density at radius 2 is 2.31 bits per heavy atom. The van der Waals surface area contributed by atoms with E-state index < -0.39 is 0 Å². The predicted octanol–water partition coefficient (Wildman–Crippen LogP) is 0.700. The van der Waals surface area contributed by atoms with Crippen molar-refractivity contribution in [2.45, 2.75) is 19.9 Å². The van der Waals surface area contributed by atoms with Crippen LogP contribution in [-0.2, 0) is 0 Å². The summed E-state index contributed by atoms with van der Waals surface area (Å²) >= 11 is 0. The van der Waals surface area contributed by atoms with E-state index in [9.17, 15) is 4.79 Å². The Kier molecular flexibility index (Phi) is 1.65. The molecule has 0 bridgehead atoms. The average molecular weight is 178 g/mol. The summed E-state index contributed by atoms with van der Waals surface area (Å²) in [5, 5.41) is 2.94. The fourth-order valence-electron chi connectivity index (χ4n) is 1.24. The molecule has 2 aromatic rings. The van der Waals surface area contributed by atoms with Crippen molar-refractivity contribution in [3.05, 3.63) is 22.9 Å². The molecule has 0 unspecified atom stereocenters. The van der Waals surface area contributed by atoms with E-state index in [2.05, 4.69) is 15.1 Å². The number of nitrogens with one attached hydrogen (secondary N) is 1. The molecule has 1 N–H and O–H groups in total. The van der Waals surface area contributed by atoms with E-state index >= 15 is 0 Å². The maximum absolute atomic E-state index is 11.6. The summed E-state index contributed by atoms with van der Waals surface area (Å²) in [4.78, 5) is 19.4. The molecule has 0 saturated heterocycles. The SMILES string of the molecule is CC(C)n1[nH]c2cncnc2c1=O. The third kappa shape index (κ3) is 1.12. The number of nitrogens with zero attached hydrogens (tertiary/aromatic N) is 3. The highest BCUT2D eigenvalue weighted by molar-refractivity contribution is 5.71. The second-order valence-electron chi connectivity index (χ2n) is 3.17. The van der Waals surface area contributed by atoms with E-state index in [1.54, 1.807) is 10.9 Å². The van der Waals surface area contributed by atoms with Crippen molar-refractivity contribution >= 4 is 11.0 Å². The fourth-order valence-corrected chi connectivity index (χ4v) is 1.24. The number of rotatable bonds is 1. The van der Waals surface area contributed by atoms with Crippen LogP contribution in [0.2, 0.25) is 0 Å². The molecule has 0 radical (unpaired) electrons. The molecule has 0 atom stereocenters. The average Bonchev–Trinajstić information content (AvgIpc) is 2.45. The highest BCUT2D eigenvalue weighted by Gasteiger charge is 2.08. The lowest BCUT2D eigenvalue weighted by atomic mass is 10.4. The van der Waals surface area contributed by atoms with Crippen molar-refractivity contribution in [1.82, 2.24) is 19.7 Å². The first-order valence-electron chi connectivity index (χ1n) is 4.10. The van der Waals surface area contributed by atoms with Crippen LogP contribution in [0.5, 0.6) is 0 Å². The van der Waals surface area contributed by atoms with Gasteiger partial charge in [-0.15, -0.1) is 0 Å². The molecule has 0 aliphatic heterocycles. The molecule has 68 valence electrons. The first-order valence-corrected chi connectivity index (χ1v) is 4.10. The molecule has 0 aliphatic carbocycles. The van der Waals surface area contributed by atoms with Crippen LogP contribution in [0.3, 0.4) is 0 Å². The number of hydrogen-bond donors (Lipinski definition) is 1. The molecule has 0 amide bonds. The van der Waals surface area contributed by atoms with Gasteiger partial charge in [0.2, 0.25) is 0 Å². The molecule has 2 aromatic heterocycles. The minimum atomic E-state index is -0.0904.